The summed E-state index contributed by atoms with van der Waals surface area (Å²) >= 11 is 0. The van der Waals surface area contributed by atoms with Crippen LogP contribution in [0.5, 0.6) is 0 Å². The lowest BCUT2D eigenvalue weighted by atomic mass is 10.0. The standard InChI is InChI=1S/C13H20N2O2S/c1-10-6-5-7-11(2)15(10)18(16,17)13-9-4-3-8-12(13)14/h3-4,8-11H,5-7,14H2,1-2H3/t10-,11+. The molecule has 4 nitrogen and oxygen atoms in total. The van der Waals surface area contributed by atoms with Gasteiger partial charge >= 0.3 is 0 Å². The Bertz CT molecular complexity index is 518. The molecule has 1 aromatic rings. The maximum Gasteiger partial charge on any atom is 0.245 e. The first-order chi connectivity index (χ1) is 8.44. The summed E-state index contributed by atoms with van der Waals surface area (Å²) in [5.74, 6) is 0. The van der Waals surface area contributed by atoms with Gasteiger partial charge in [-0.15, -0.1) is 0 Å². The summed E-state index contributed by atoms with van der Waals surface area (Å²) in [5.41, 5.74) is 6.12. The van der Waals surface area contributed by atoms with Gasteiger partial charge in [-0.25, -0.2) is 8.42 Å². The first kappa shape index (κ1) is 13.4. The molecule has 2 rings (SSSR count). The van der Waals surface area contributed by atoms with Crippen molar-refractivity contribution in [1.82, 2.24) is 4.31 Å². The van der Waals surface area contributed by atoms with E-state index in [-0.39, 0.29) is 17.0 Å². The van der Waals surface area contributed by atoms with Crippen molar-refractivity contribution in [2.45, 2.75) is 50.1 Å². The van der Waals surface area contributed by atoms with Gasteiger partial charge in [-0.05, 0) is 38.8 Å². The highest BCUT2D eigenvalue weighted by Crippen LogP contribution is 2.31. The fourth-order valence-electron chi connectivity index (χ4n) is 2.70. The van der Waals surface area contributed by atoms with Crippen LogP contribution in [0, 0.1) is 0 Å². The molecule has 1 fully saturated rings. The lowest BCUT2D eigenvalue weighted by Gasteiger charge is -2.37. The number of anilines is 1. The highest BCUT2D eigenvalue weighted by molar-refractivity contribution is 7.89. The summed E-state index contributed by atoms with van der Waals surface area (Å²) in [4.78, 5) is 0.227. The lowest BCUT2D eigenvalue weighted by Crippen LogP contribution is -2.47. The van der Waals surface area contributed by atoms with E-state index in [9.17, 15) is 8.42 Å². The van der Waals surface area contributed by atoms with E-state index in [4.69, 9.17) is 5.73 Å². The molecule has 5 heteroatoms. The third-order valence-electron chi connectivity index (χ3n) is 3.59. The van der Waals surface area contributed by atoms with Gasteiger partial charge in [-0.3, -0.25) is 0 Å². The van der Waals surface area contributed by atoms with Gasteiger partial charge in [0.25, 0.3) is 0 Å². The van der Waals surface area contributed by atoms with Crippen LogP contribution in [0.1, 0.15) is 33.1 Å². The lowest BCUT2D eigenvalue weighted by molar-refractivity contribution is 0.204. The largest absolute Gasteiger partial charge is 0.398 e. The van der Waals surface area contributed by atoms with Crippen molar-refractivity contribution >= 4 is 15.7 Å². The highest BCUT2D eigenvalue weighted by atomic mass is 32.2. The number of nitrogens with zero attached hydrogens (tertiary/aromatic N) is 1. The average molecular weight is 268 g/mol. The number of hydrogen-bond acceptors (Lipinski definition) is 3. The Morgan fingerprint density at radius 2 is 1.72 bits per heavy atom. The molecule has 18 heavy (non-hydrogen) atoms. The van der Waals surface area contributed by atoms with Crippen LogP contribution >= 0.6 is 0 Å². The summed E-state index contributed by atoms with van der Waals surface area (Å²) in [6.45, 7) is 3.93. The molecule has 1 aliphatic rings. The zero-order chi connectivity index (χ0) is 13.3. The molecule has 0 amide bonds. The molecule has 100 valence electrons. The van der Waals surface area contributed by atoms with E-state index in [0.29, 0.717) is 5.69 Å². The van der Waals surface area contributed by atoms with Crippen LogP contribution in [0.4, 0.5) is 5.69 Å². The third-order valence-corrected chi connectivity index (χ3v) is 5.79. The number of nitrogens with two attached hydrogens (primary N) is 1. The third kappa shape index (κ3) is 2.24. The first-order valence-corrected chi connectivity index (χ1v) is 7.76. The SMILES string of the molecule is C[C@@H]1CCC[C@H](C)N1S(=O)(=O)c1ccccc1N. The quantitative estimate of drug-likeness (QED) is 0.836. The molecular weight excluding hydrogens is 248 g/mol. The second kappa shape index (κ2) is 4.90. The molecule has 2 N–H and O–H groups in total. The number of rotatable bonds is 2. The Hall–Kier alpha value is -1.07. The molecule has 1 saturated heterocycles. The minimum Gasteiger partial charge on any atom is -0.398 e. The molecule has 0 aromatic heterocycles. The molecule has 0 aliphatic carbocycles. The Balaban J connectivity index is 2.45. The fourth-order valence-corrected chi connectivity index (χ4v) is 4.70. The first-order valence-electron chi connectivity index (χ1n) is 6.32. The summed E-state index contributed by atoms with van der Waals surface area (Å²) < 4.78 is 27.0. The Morgan fingerprint density at radius 3 is 2.28 bits per heavy atom. The maximum absolute atomic E-state index is 12.7. The predicted octanol–water partition coefficient (Wildman–Crippen LogP) is 2.22. The summed E-state index contributed by atoms with van der Waals surface area (Å²) in [6, 6.07) is 6.75. The van der Waals surface area contributed by atoms with E-state index in [2.05, 4.69) is 0 Å². The van der Waals surface area contributed by atoms with Crippen molar-refractivity contribution in [3.05, 3.63) is 24.3 Å². The Kier molecular flexibility index (Phi) is 3.64. The minimum atomic E-state index is -3.48. The van der Waals surface area contributed by atoms with Gasteiger partial charge in [0.05, 0.1) is 5.69 Å². The van der Waals surface area contributed by atoms with Gasteiger partial charge in [-0.2, -0.15) is 4.31 Å². The maximum atomic E-state index is 12.7. The molecule has 0 bridgehead atoms. The van der Waals surface area contributed by atoms with E-state index in [0.717, 1.165) is 19.3 Å². The Morgan fingerprint density at radius 1 is 1.17 bits per heavy atom. The molecular formula is C13H20N2O2S. The second-order valence-electron chi connectivity index (χ2n) is 5.00. The van der Waals surface area contributed by atoms with E-state index in [1.54, 1.807) is 28.6 Å². The van der Waals surface area contributed by atoms with Crippen LogP contribution in [-0.4, -0.2) is 24.8 Å². The zero-order valence-electron chi connectivity index (χ0n) is 10.8. The summed E-state index contributed by atoms with van der Waals surface area (Å²) in [7, 11) is -3.48. The molecule has 0 radical (unpaired) electrons. The zero-order valence-corrected chi connectivity index (χ0v) is 11.7. The van der Waals surface area contributed by atoms with Crippen LogP contribution in [-0.2, 0) is 10.0 Å². The van der Waals surface area contributed by atoms with Gasteiger partial charge in [0.2, 0.25) is 10.0 Å². The molecule has 1 heterocycles. The second-order valence-corrected chi connectivity index (χ2v) is 6.81. The summed E-state index contributed by atoms with van der Waals surface area (Å²) in [6.07, 6.45) is 2.91. The van der Waals surface area contributed by atoms with E-state index >= 15 is 0 Å². The van der Waals surface area contributed by atoms with Crippen molar-refractivity contribution in [2.75, 3.05) is 5.73 Å². The van der Waals surface area contributed by atoms with Crippen molar-refractivity contribution in [3.63, 3.8) is 0 Å². The fraction of sp³-hybridized carbons (Fsp3) is 0.538. The van der Waals surface area contributed by atoms with E-state index in [1.807, 2.05) is 13.8 Å². The predicted molar refractivity (Wildman–Crippen MR) is 72.7 cm³/mol. The van der Waals surface area contributed by atoms with E-state index in [1.165, 1.54) is 0 Å². The number of nitrogen functional groups attached to an aromatic ring is 1. The van der Waals surface area contributed by atoms with Gasteiger partial charge in [0.1, 0.15) is 4.90 Å². The topological polar surface area (TPSA) is 63.4 Å². The Labute approximate surface area is 109 Å². The molecule has 1 aliphatic heterocycles. The van der Waals surface area contributed by atoms with E-state index < -0.39 is 10.0 Å². The van der Waals surface area contributed by atoms with Crippen LogP contribution in [0.3, 0.4) is 0 Å². The highest BCUT2D eigenvalue weighted by Gasteiger charge is 2.36. The molecule has 0 saturated carbocycles. The van der Waals surface area contributed by atoms with Crippen molar-refractivity contribution in [1.29, 1.82) is 0 Å². The monoisotopic (exact) mass is 268 g/mol. The molecule has 0 spiro atoms. The van der Waals surface area contributed by atoms with Gasteiger partial charge in [0, 0.05) is 12.1 Å². The normalized spacial score (nSPS) is 26.1. The number of sulfonamides is 1. The molecule has 0 unspecified atom stereocenters. The van der Waals surface area contributed by atoms with Gasteiger partial charge < -0.3 is 5.73 Å². The smallest absolute Gasteiger partial charge is 0.245 e. The van der Waals surface area contributed by atoms with Crippen LogP contribution in [0.25, 0.3) is 0 Å². The average Bonchev–Trinajstić information content (AvgIpc) is 2.28. The van der Waals surface area contributed by atoms with Gasteiger partial charge in [-0.1, -0.05) is 18.6 Å². The van der Waals surface area contributed by atoms with Crippen molar-refractivity contribution in [2.24, 2.45) is 0 Å². The van der Waals surface area contributed by atoms with Crippen molar-refractivity contribution in [3.8, 4) is 0 Å². The summed E-state index contributed by atoms with van der Waals surface area (Å²) in [5, 5.41) is 0. The van der Waals surface area contributed by atoms with Crippen LogP contribution in [0.15, 0.2) is 29.2 Å². The number of para-hydroxylation sites is 1. The minimum absolute atomic E-state index is 0.0401. The number of piperidine rings is 1. The molecule has 1 aromatic carbocycles. The van der Waals surface area contributed by atoms with Crippen LogP contribution < -0.4 is 5.73 Å². The number of benzene rings is 1. The van der Waals surface area contributed by atoms with Gasteiger partial charge in [0.15, 0.2) is 0 Å². The van der Waals surface area contributed by atoms with Crippen molar-refractivity contribution < 1.29 is 8.42 Å². The van der Waals surface area contributed by atoms with Crippen LogP contribution in [0.2, 0.25) is 0 Å². The number of hydrogen-bond donors (Lipinski definition) is 1. The molecule has 2 atom stereocenters.